The molecule has 0 amide bonds. The Balaban J connectivity index is 1.98. The van der Waals surface area contributed by atoms with Gasteiger partial charge in [0.1, 0.15) is 12.4 Å². The fourth-order valence-corrected chi connectivity index (χ4v) is 1.93. The molecule has 0 bridgehead atoms. The fraction of sp³-hybridized carbons (Fsp3) is 0.0625. The lowest BCUT2D eigenvalue weighted by Gasteiger charge is -2.07. The first-order chi connectivity index (χ1) is 9.69. The molecule has 100 valence electrons. The van der Waals surface area contributed by atoms with Gasteiger partial charge in [-0.1, -0.05) is 41.4 Å². The second kappa shape index (κ2) is 7.00. The van der Waals surface area contributed by atoms with E-state index in [1.54, 1.807) is 18.2 Å². The second-order valence-electron chi connectivity index (χ2n) is 4.07. The van der Waals surface area contributed by atoms with Gasteiger partial charge in [0.05, 0.1) is 16.1 Å². The molecule has 0 radical (unpaired) electrons. The summed E-state index contributed by atoms with van der Waals surface area (Å²) in [5.74, 6) is 0.755. The number of nitriles is 1. The van der Waals surface area contributed by atoms with Gasteiger partial charge in [-0.25, -0.2) is 0 Å². The minimum atomic E-state index is 0.421. The first-order valence-electron chi connectivity index (χ1n) is 5.92. The smallest absolute Gasteiger partial charge is 0.119 e. The number of nitrogens with zero attached hydrogens (tertiary/aromatic N) is 1. The van der Waals surface area contributed by atoms with E-state index in [2.05, 4.69) is 0 Å². The summed E-state index contributed by atoms with van der Waals surface area (Å²) in [5.41, 5.74) is 1.90. The van der Waals surface area contributed by atoms with Crippen LogP contribution in [0.4, 0.5) is 0 Å². The van der Waals surface area contributed by atoms with Gasteiger partial charge >= 0.3 is 0 Å². The van der Waals surface area contributed by atoms with Crippen LogP contribution in [0.3, 0.4) is 0 Å². The van der Waals surface area contributed by atoms with Crippen LogP contribution in [0.2, 0.25) is 10.0 Å². The average Bonchev–Trinajstić information content (AvgIpc) is 2.47. The highest BCUT2D eigenvalue weighted by Crippen LogP contribution is 2.23. The van der Waals surface area contributed by atoms with Gasteiger partial charge in [-0.3, -0.25) is 0 Å². The van der Waals surface area contributed by atoms with Crippen molar-refractivity contribution in [1.29, 1.82) is 5.26 Å². The Bertz CT molecular complexity index is 657. The Morgan fingerprint density at radius 3 is 2.45 bits per heavy atom. The van der Waals surface area contributed by atoms with Crippen LogP contribution in [0.1, 0.15) is 11.1 Å². The quantitative estimate of drug-likeness (QED) is 0.735. The number of ether oxygens (including phenoxy) is 1. The van der Waals surface area contributed by atoms with Crippen molar-refractivity contribution in [3.63, 3.8) is 0 Å². The van der Waals surface area contributed by atoms with Gasteiger partial charge in [0.15, 0.2) is 0 Å². The second-order valence-corrected chi connectivity index (χ2v) is 4.88. The number of rotatable bonds is 4. The molecule has 2 aromatic carbocycles. The molecule has 0 heterocycles. The van der Waals surface area contributed by atoms with Crippen LogP contribution in [0.25, 0.3) is 6.08 Å². The van der Waals surface area contributed by atoms with Crippen LogP contribution >= 0.6 is 23.2 Å². The Morgan fingerprint density at radius 2 is 1.80 bits per heavy atom. The topological polar surface area (TPSA) is 33.0 Å². The zero-order valence-electron chi connectivity index (χ0n) is 10.5. The molecular formula is C16H11Cl2NO. The summed E-state index contributed by atoms with van der Waals surface area (Å²) in [4.78, 5) is 0. The SMILES string of the molecule is N#C/C=C/c1ccc(OCc2ccc(Cl)c(Cl)c2)cc1. The minimum absolute atomic E-state index is 0.421. The zero-order valence-corrected chi connectivity index (χ0v) is 12.0. The van der Waals surface area contributed by atoms with Crippen LogP contribution in [-0.2, 0) is 6.61 Å². The van der Waals surface area contributed by atoms with E-state index in [9.17, 15) is 0 Å². The van der Waals surface area contributed by atoms with Gasteiger partial charge in [0.2, 0.25) is 0 Å². The molecule has 0 aliphatic rings. The van der Waals surface area contributed by atoms with Gasteiger partial charge in [0, 0.05) is 6.08 Å². The first-order valence-corrected chi connectivity index (χ1v) is 6.67. The van der Waals surface area contributed by atoms with E-state index in [1.165, 1.54) is 6.08 Å². The Labute approximate surface area is 127 Å². The lowest BCUT2D eigenvalue weighted by atomic mass is 10.2. The van der Waals surface area contributed by atoms with Gasteiger partial charge < -0.3 is 4.74 Å². The van der Waals surface area contributed by atoms with E-state index in [1.807, 2.05) is 36.4 Å². The van der Waals surface area contributed by atoms with Crippen molar-refractivity contribution < 1.29 is 4.74 Å². The normalized spacial score (nSPS) is 10.4. The van der Waals surface area contributed by atoms with Crippen molar-refractivity contribution >= 4 is 29.3 Å². The monoisotopic (exact) mass is 303 g/mol. The largest absolute Gasteiger partial charge is 0.489 e. The number of allylic oxidation sites excluding steroid dienone is 1. The number of hydrogen-bond donors (Lipinski definition) is 0. The summed E-state index contributed by atoms with van der Waals surface area (Å²) >= 11 is 11.8. The molecule has 0 spiro atoms. The van der Waals surface area contributed by atoms with Crippen molar-refractivity contribution in [3.8, 4) is 11.8 Å². The molecule has 0 atom stereocenters. The Hall–Kier alpha value is -1.95. The molecule has 2 aromatic rings. The van der Waals surface area contributed by atoms with Crippen LogP contribution in [0.5, 0.6) is 5.75 Å². The summed E-state index contributed by atoms with van der Waals surface area (Å²) in [7, 11) is 0. The average molecular weight is 304 g/mol. The summed E-state index contributed by atoms with van der Waals surface area (Å²) in [6.07, 6.45) is 3.17. The Kier molecular flexibility index (Phi) is 5.06. The number of halogens is 2. The van der Waals surface area contributed by atoms with Gasteiger partial charge in [-0.2, -0.15) is 5.26 Å². The number of hydrogen-bond acceptors (Lipinski definition) is 2. The number of benzene rings is 2. The highest BCUT2D eigenvalue weighted by Gasteiger charge is 2.00. The summed E-state index contributed by atoms with van der Waals surface area (Å²) in [6.45, 7) is 0.421. The lowest BCUT2D eigenvalue weighted by molar-refractivity contribution is 0.306. The highest BCUT2D eigenvalue weighted by molar-refractivity contribution is 6.42. The molecule has 0 saturated heterocycles. The van der Waals surface area contributed by atoms with Crippen molar-refractivity contribution in [1.82, 2.24) is 0 Å². The van der Waals surface area contributed by atoms with Crippen molar-refractivity contribution in [2.75, 3.05) is 0 Å². The van der Waals surface area contributed by atoms with E-state index >= 15 is 0 Å². The van der Waals surface area contributed by atoms with Crippen molar-refractivity contribution in [3.05, 3.63) is 69.7 Å². The standard InChI is InChI=1S/C16H11Cl2NO/c17-15-8-5-13(10-16(15)18)11-20-14-6-3-12(4-7-14)2-1-9-19/h1-8,10H,11H2/b2-1+. The van der Waals surface area contributed by atoms with Gasteiger partial charge in [-0.15, -0.1) is 0 Å². The third-order valence-corrected chi connectivity index (χ3v) is 3.36. The van der Waals surface area contributed by atoms with Crippen LogP contribution in [0, 0.1) is 11.3 Å². The van der Waals surface area contributed by atoms with E-state index in [0.717, 1.165) is 16.9 Å². The van der Waals surface area contributed by atoms with E-state index in [-0.39, 0.29) is 0 Å². The summed E-state index contributed by atoms with van der Waals surface area (Å²) < 4.78 is 5.66. The lowest BCUT2D eigenvalue weighted by Crippen LogP contribution is -1.95. The summed E-state index contributed by atoms with van der Waals surface area (Å²) in [6, 6.07) is 14.8. The molecule has 0 N–H and O–H groups in total. The first kappa shape index (κ1) is 14.5. The molecule has 20 heavy (non-hydrogen) atoms. The van der Waals surface area contributed by atoms with Gasteiger partial charge in [-0.05, 0) is 41.5 Å². The maximum absolute atomic E-state index is 8.45. The molecule has 0 aliphatic heterocycles. The third-order valence-electron chi connectivity index (χ3n) is 2.62. The molecule has 4 heteroatoms. The molecule has 2 rings (SSSR count). The molecule has 0 aliphatic carbocycles. The maximum Gasteiger partial charge on any atom is 0.119 e. The van der Waals surface area contributed by atoms with E-state index in [4.69, 9.17) is 33.2 Å². The molecule has 2 nitrogen and oxygen atoms in total. The zero-order chi connectivity index (χ0) is 14.4. The Morgan fingerprint density at radius 1 is 1.05 bits per heavy atom. The van der Waals surface area contributed by atoms with Crippen molar-refractivity contribution in [2.45, 2.75) is 6.61 Å². The van der Waals surface area contributed by atoms with Crippen LogP contribution in [-0.4, -0.2) is 0 Å². The third kappa shape index (κ3) is 4.03. The van der Waals surface area contributed by atoms with E-state index in [0.29, 0.717) is 16.7 Å². The molecule has 0 unspecified atom stereocenters. The van der Waals surface area contributed by atoms with Crippen LogP contribution in [0.15, 0.2) is 48.5 Å². The molecule has 0 aromatic heterocycles. The summed E-state index contributed by atoms with van der Waals surface area (Å²) in [5, 5.41) is 9.50. The van der Waals surface area contributed by atoms with Gasteiger partial charge in [0.25, 0.3) is 0 Å². The predicted octanol–water partition coefficient (Wildman–Crippen LogP) is 5.11. The fourth-order valence-electron chi connectivity index (χ4n) is 1.60. The maximum atomic E-state index is 8.45. The minimum Gasteiger partial charge on any atom is -0.489 e. The molecular weight excluding hydrogens is 293 g/mol. The van der Waals surface area contributed by atoms with E-state index < -0.39 is 0 Å². The molecule has 0 saturated carbocycles. The predicted molar refractivity (Wildman–Crippen MR) is 81.9 cm³/mol. The molecule has 0 fully saturated rings. The van der Waals surface area contributed by atoms with Crippen molar-refractivity contribution in [2.24, 2.45) is 0 Å². The highest BCUT2D eigenvalue weighted by atomic mass is 35.5. The van der Waals surface area contributed by atoms with Crippen LogP contribution < -0.4 is 4.74 Å².